The molecule has 3 rings (SSSR count). The van der Waals surface area contributed by atoms with E-state index in [1.807, 2.05) is 6.92 Å². The van der Waals surface area contributed by atoms with E-state index in [9.17, 15) is 9.59 Å². The summed E-state index contributed by atoms with van der Waals surface area (Å²) in [5, 5.41) is 7.02. The molecule has 120 valence electrons. The minimum absolute atomic E-state index is 0.102. The SMILES string of the molecule is CC(=O)c1cc2c(cc1NC(=O)c1c(C)nn(C)c1C)OCO2. The van der Waals surface area contributed by atoms with Crippen molar-refractivity contribution in [1.29, 1.82) is 0 Å². The number of nitrogens with one attached hydrogen (secondary N) is 1. The van der Waals surface area contributed by atoms with E-state index in [-0.39, 0.29) is 18.5 Å². The molecular formula is C16H17N3O4. The van der Waals surface area contributed by atoms with E-state index in [0.717, 1.165) is 5.69 Å². The molecule has 2 heterocycles. The van der Waals surface area contributed by atoms with Crippen LogP contribution in [0.5, 0.6) is 11.5 Å². The highest BCUT2D eigenvalue weighted by Crippen LogP contribution is 2.37. The molecule has 0 atom stereocenters. The molecule has 0 radical (unpaired) electrons. The Morgan fingerprint density at radius 2 is 1.87 bits per heavy atom. The Morgan fingerprint density at radius 3 is 2.43 bits per heavy atom. The zero-order valence-electron chi connectivity index (χ0n) is 13.4. The van der Waals surface area contributed by atoms with Gasteiger partial charge in [-0.2, -0.15) is 5.10 Å². The quantitative estimate of drug-likeness (QED) is 0.878. The lowest BCUT2D eigenvalue weighted by Crippen LogP contribution is -2.16. The predicted octanol–water partition coefficient (Wildman–Crippen LogP) is 2.22. The zero-order chi connectivity index (χ0) is 16.7. The first-order valence-corrected chi connectivity index (χ1v) is 7.14. The van der Waals surface area contributed by atoms with E-state index < -0.39 is 0 Å². The number of hydrogen-bond acceptors (Lipinski definition) is 5. The second-order valence-corrected chi connectivity index (χ2v) is 5.43. The van der Waals surface area contributed by atoms with E-state index in [4.69, 9.17) is 9.47 Å². The predicted molar refractivity (Wildman–Crippen MR) is 83.2 cm³/mol. The second kappa shape index (κ2) is 5.42. The Kier molecular flexibility index (Phi) is 3.55. The van der Waals surface area contributed by atoms with Gasteiger partial charge in [-0.1, -0.05) is 0 Å². The highest BCUT2D eigenvalue weighted by Gasteiger charge is 2.23. The van der Waals surface area contributed by atoms with Crippen molar-refractivity contribution < 1.29 is 19.1 Å². The van der Waals surface area contributed by atoms with Gasteiger partial charge >= 0.3 is 0 Å². The summed E-state index contributed by atoms with van der Waals surface area (Å²) in [6.07, 6.45) is 0. The smallest absolute Gasteiger partial charge is 0.259 e. The van der Waals surface area contributed by atoms with Crippen LogP contribution in [0.2, 0.25) is 0 Å². The summed E-state index contributed by atoms with van der Waals surface area (Å²) in [5.41, 5.74) is 2.66. The third-order valence-electron chi connectivity index (χ3n) is 3.88. The third kappa shape index (κ3) is 2.54. The number of ether oxygens (including phenoxy) is 2. The van der Waals surface area contributed by atoms with Gasteiger partial charge in [0.05, 0.1) is 16.9 Å². The first-order valence-electron chi connectivity index (χ1n) is 7.14. The van der Waals surface area contributed by atoms with Gasteiger partial charge in [0.25, 0.3) is 5.91 Å². The Balaban J connectivity index is 1.99. The van der Waals surface area contributed by atoms with Crippen molar-refractivity contribution in [3.63, 3.8) is 0 Å². The number of benzene rings is 1. The minimum Gasteiger partial charge on any atom is -0.454 e. The number of Topliss-reactive ketones (excluding diaryl/α,β-unsaturated/α-hetero) is 1. The van der Waals surface area contributed by atoms with Crippen molar-refractivity contribution in [2.24, 2.45) is 7.05 Å². The first kappa shape index (κ1) is 15.1. The summed E-state index contributed by atoms with van der Waals surface area (Å²) in [7, 11) is 1.78. The molecular weight excluding hydrogens is 298 g/mol. The normalized spacial score (nSPS) is 12.3. The van der Waals surface area contributed by atoms with E-state index in [1.165, 1.54) is 6.92 Å². The number of hydrogen-bond donors (Lipinski definition) is 1. The molecule has 1 amide bonds. The van der Waals surface area contributed by atoms with Gasteiger partial charge in [-0.3, -0.25) is 14.3 Å². The molecule has 2 aromatic rings. The molecule has 0 unspecified atom stereocenters. The molecule has 1 aromatic carbocycles. The van der Waals surface area contributed by atoms with Gasteiger partial charge in [0.2, 0.25) is 6.79 Å². The summed E-state index contributed by atoms with van der Waals surface area (Å²) in [6, 6.07) is 3.20. The molecule has 0 spiro atoms. The molecule has 0 saturated carbocycles. The van der Waals surface area contributed by atoms with Crippen molar-refractivity contribution in [3.8, 4) is 11.5 Å². The minimum atomic E-state index is -0.311. The molecule has 0 saturated heterocycles. The van der Waals surface area contributed by atoms with Crippen molar-refractivity contribution in [3.05, 3.63) is 34.6 Å². The number of carbonyl (C=O) groups excluding carboxylic acids is 2. The summed E-state index contributed by atoms with van der Waals surface area (Å²) < 4.78 is 12.2. The number of carbonyl (C=O) groups is 2. The highest BCUT2D eigenvalue weighted by molar-refractivity contribution is 6.10. The zero-order valence-corrected chi connectivity index (χ0v) is 13.4. The number of aryl methyl sites for hydroxylation is 2. The summed E-state index contributed by atoms with van der Waals surface area (Å²) in [5.74, 6) is 0.527. The van der Waals surface area contributed by atoms with E-state index in [2.05, 4.69) is 10.4 Å². The Morgan fingerprint density at radius 1 is 1.22 bits per heavy atom. The molecule has 7 heteroatoms. The van der Waals surface area contributed by atoms with E-state index >= 15 is 0 Å². The van der Waals surface area contributed by atoms with Crippen LogP contribution in [0.25, 0.3) is 0 Å². The van der Waals surface area contributed by atoms with Gasteiger partial charge in [0, 0.05) is 24.4 Å². The Bertz CT molecular complexity index is 823. The molecule has 1 aliphatic heterocycles. The average Bonchev–Trinajstić information content (AvgIpc) is 3.02. The second-order valence-electron chi connectivity index (χ2n) is 5.43. The molecule has 0 fully saturated rings. The molecule has 1 N–H and O–H groups in total. The summed E-state index contributed by atoms with van der Waals surface area (Å²) in [4.78, 5) is 24.5. The summed E-state index contributed by atoms with van der Waals surface area (Å²) >= 11 is 0. The van der Waals surface area contributed by atoms with Crippen molar-refractivity contribution >= 4 is 17.4 Å². The Labute approximate surface area is 133 Å². The van der Waals surface area contributed by atoms with Gasteiger partial charge in [-0.05, 0) is 26.8 Å². The van der Waals surface area contributed by atoms with Crippen LogP contribution in [0.3, 0.4) is 0 Å². The fourth-order valence-electron chi connectivity index (χ4n) is 2.62. The first-order chi connectivity index (χ1) is 10.9. The van der Waals surface area contributed by atoms with Gasteiger partial charge in [0.1, 0.15) is 0 Å². The maximum atomic E-state index is 12.6. The number of fused-ring (bicyclic) bond motifs is 1. The molecule has 23 heavy (non-hydrogen) atoms. The van der Waals surface area contributed by atoms with Crippen LogP contribution in [-0.2, 0) is 7.05 Å². The molecule has 0 aliphatic carbocycles. The van der Waals surface area contributed by atoms with E-state index in [0.29, 0.717) is 34.0 Å². The number of rotatable bonds is 3. The highest BCUT2D eigenvalue weighted by atomic mass is 16.7. The van der Waals surface area contributed by atoms with Crippen molar-refractivity contribution in [2.75, 3.05) is 12.1 Å². The average molecular weight is 315 g/mol. The van der Waals surface area contributed by atoms with Crippen LogP contribution in [0.1, 0.15) is 39.0 Å². The number of aromatic nitrogens is 2. The van der Waals surface area contributed by atoms with Gasteiger partial charge in [-0.15, -0.1) is 0 Å². The third-order valence-corrected chi connectivity index (χ3v) is 3.88. The van der Waals surface area contributed by atoms with E-state index in [1.54, 1.807) is 30.8 Å². The largest absolute Gasteiger partial charge is 0.454 e. The number of anilines is 1. The number of ketones is 1. The van der Waals surface area contributed by atoms with Crippen LogP contribution in [0.15, 0.2) is 12.1 Å². The maximum Gasteiger partial charge on any atom is 0.259 e. The lowest BCUT2D eigenvalue weighted by molar-refractivity contribution is 0.101. The lowest BCUT2D eigenvalue weighted by Gasteiger charge is -2.11. The fraction of sp³-hybridized carbons (Fsp3) is 0.312. The monoisotopic (exact) mass is 315 g/mol. The van der Waals surface area contributed by atoms with Crippen LogP contribution >= 0.6 is 0 Å². The van der Waals surface area contributed by atoms with Gasteiger partial charge in [0.15, 0.2) is 17.3 Å². The number of amides is 1. The van der Waals surface area contributed by atoms with Crippen LogP contribution in [-0.4, -0.2) is 28.3 Å². The standard InChI is InChI=1S/C16H17N3O4/c1-8-15(9(2)19(4)18-8)16(21)17-12-6-14-13(22-7-23-14)5-11(12)10(3)20/h5-6H,7H2,1-4H3,(H,17,21). The molecule has 0 bridgehead atoms. The van der Waals surface area contributed by atoms with Gasteiger partial charge < -0.3 is 14.8 Å². The fourth-order valence-corrected chi connectivity index (χ4v) is 2.62. The van der Waals surface area contributed by atoms with Crippen LogP contribution in [0, 0.1) is 13.8 Å². The van der Waals surface area contributed by atoms with Gasteiger partial charge in [-0.25, -0.2) is 0 Å². The molecule has 1 aliphatic rings. The van der Waals surface area contributed by atoms with Crippen LogP contribution < -0.4 is 14.8 Å². The topological polar surface area (TPSA) is 82.5 Å². The van der Waals surface area contributed by atoms with Crippen LogP contribution in [0.4, 0.5) is 5.69 Å². The maximum absolute atomic E-state index is 12.6. The number of nitrogens with zero attached hydrogens (tertiary/aromatic N) is 2. The Hall–Kier alpha value is -2.83. The van der Waals surface area contributed by atoms with Crippen molar-refractivity contribution in [1.82, 2.24) is 9.78 Å². The molecule has 1 aromatic heterocycles. The summed E-state index contributed by atoms with van der Waals surface area (Å²) in [6.45, 7) is 5.13. The molecule has 7 nitrogen and oxygen atoms in total. The van der Waals surface area contributed by atoms with Crippen molar-refractivity contribution in [2.45, 2.75) is 20.8 Å². The lowest BCUT2D eigenvalue weighted by atomic mass is 10.1.